The molecule has 1 aromatic heterocycles. The van der Waals surface area contributed by atoms with Crippen LogP contribution in [-0.2, 0) is 22.4 Å². The Morgan fingerprint density at radius 2 is 1.81 bits per heavy atom. The van der Waals surface area contributed by atoms with Gasteiger partial charge in [0, 0.05) is 16.6 Å². The van der Waals surface area contributed by atoms with E-state index >= 15 is 0 Å². The summed E-state index contributed by atoms with van der Waals surface area (Å²) in [4.78, 5) is 36.2. The number of carboxylic acid groups (broad SMARTS) is 1. The molecule has 0 aliphatic rings. The number of aliphatic carboxylic acids is 1. The van der Waals surface area contributed by atoms with E-state index in [1.165, 1.54) is 24.5 Å². The van der Waals surface area contributed by atoms with E-state index in [2.05, 4.69) is 15.4 Å². The number of hydrogen-bond donors (Lipinski definition) is 3. The Labute approximate surface area is 212 Å². The van der Waals surface area contributed by atoms with Crippen LogP contribution in [0.25, 0.3) is 11.1 Å². The second-order valence-corrected chi connectivity index (χ2v) is 8.57. The number of nitrogens with one attached hydrogen (secondary N) is 2. The fraction of sp³-hybridized carbons (Fsp3) is 0.269. The number of furan rings is 1. The summed E-state index contributed by atoms with van der Waals surface area (Å²) in [5.74, 6) is -2.12. The van der Waals surface area contributed by atoms with Crippen LogP contribution >= 0.6 is 11.6 Å². The van der Waals surface area contributed by atoms with Crippen molar-refractivity contribution in [3.63, 3.8) is 0 Å². The summed E-state index contributed by atoms with van der Waals surface area (Å²) in [6.45, 7) is 1.92. The van der Waals surface area contributed by atoms with Crippen LogP contribution in [0, 0.1) is 5.82 Å². The maximum atomic E-state index is 14.2. The van der Waals surface area contributed by atoms with E-state index in [-0.39, 0.29) is 18.6 Å². The van der Waals surface area contributed by atoms with Crippen molar-refractivity contribution in [3.8, 4) is 11.1 Å². The molecule has 0 aliphatic carbocycles. The first-order chi connectivity index (χ1) is 17.2. The van der Waals surface area contributed by atoms with Crippen molar-refractivity contribution in [2.75, 3.05) is 7.11 Å². The van der Waals surface area contributed by atoms with Gasteiger partial charge in [-0.15, -0.1) is 0 Å². The second kappa shape index (κ2) is 12.2. The van der Waals surface area contributed by atoms with Crippen LogP contribution in [0.3, 0.4) is 0 Å². The molecule has 0 saturated heterocycles. The minimum Gasteiger partial charge on any atom is -0.480 e. The molecule has 0 fully saturated rings. The van der Waals surface area contributed by atoms with Crippen LogP contribution in [0.5, 0.6) is 0 Å². The number of methoxy groups -OCH3 is 1. The van der Waals surface area contributed by atoms with Crippen molar-refractivity contribution in [2.45, 2.75) is 38.3 Å². The monoisotopic (exact) mass is 516 g/mol. The molecule has 2 atom stereocenters. The Hall–Kier alpha value is -3.85. The van der Waals surface area contributed by atoms with Gasteiger partial charge >= 0.3 is 12.1 Å². The standard InChI is InChI=1S/C26H26ClFN2O6/c1-3-15-11-23(36-14-15)24(31)29-19(13-22(25(32)33)30-26(34)35-2)10-16-4-6-17(7-5-16)20-12-18(27)8-9-21(20)28/h4-9,11-12,14,19,22H,3,10,13H2,1-2H3,(H,29,31)(H,30,34)(H,32,33)/t19-,22-/m1/s1. The van der Waals surface area contributed by atoms with E-state index in [0.29, 0.717) is 22.6 Å². The van der Waals surface area contributed by atoms with Gasteiger partial charge in [-0.1, -0.05) is 42.8 Å². The molecule has 3 aromatic rings. The number of carbonyl (C=O) groups excluding carboxylic acids is 2. The van der Waals surface area contributed by atoms with Crippen LogP contribution in [0.1, 0.15) is 35.0 Å². The van der Waals surface area contributed by atoms with Crippen LogP contribution < -0.4 is 10.6 Å². The number of benzene rings is 2. The van der Waals surface area contributed by atoms with E-state index in [4.69, 9.17) is 16.0 Å². The number of aryl methyl sites for hydroxylation is 1. The first-order valence-corrected chi connectivity index (χ1v) is 11.6. The maximum Gasteiger partial charge on any atom is 0.407 e. The third-order valence-electron chi connectivity index (χ3n) is 5.59. The predicted octanol–water partition coefficient (Wildman–Crippen LogP) is 4.84. The summed E-state index contributed by atoms with van der Waals surface area (Å²) in [5.41, 5.74) is 2.55. The molecule has 1 heterocycles. The van der Waals surface area contributed by atoms with Gasteiger partial charge in [-0.2, -0.15) is 0 Å². The molecule has 10 heteroatoms. The minimum absolute atomic E-state index is 0.0939. The molecule has 0 spiro atoms. The Morgan fingerprint density at radius 3 is 2.42 bits per heavy atom. The zero-order valence-electron chi connectivity index (χ0n) is 19.7. The molecule has 190 valence electrons. The number of halogens is 2. The maximum absolute atomic E-state index is 14.2. The van der Waals surface area contributed by atoms with Gasteiger partial charge in [-0.3, -0.25) is 4.79 Å². The van der Waals surface area contributed by atoms with E-state index in [9.17, 15) is 23.9 Å². The summed E-state index contributed by atoms with van der Waals surface area (Å²) in [6.07, 6.45) is 1.37. The number of hydrogen-bond acceptors (Lipinski definition) is 5. The number of ether oxygens (including phenoxy) is 1. The summed E-state index contributed by atoms with van der Waals surface area (Å²) < 4.78 is 24.1. The molecule has 3 N–H and O–H groups in total. The lowest BCUT2D eigenvalue weighted by atomic mass is 9.96. The smallest absolute Gasteiger partial charge is 0.407 e. The van der Waals surface area contributed by atoms with E-state index in [1.807, 2.05) is 6.92 Å². The molecule has 3 rings (SSSR count). The highest BCUT2D eigenvalue weighted by molar-refractivity contribution is 6.30. The Bertz CT molecular complexity index is 1230. The lowest BCUT2D eigenvalue weighted by Crippen LogP contribution is -2.47. The zero-order chi connectivity index (χ0) is 26.2. The first kappa shape index (κ1) is 26.7. The lowest BCUT2D eigenvalue weighted by molar-refractivity contribution is -0.139. The van der Waals surface area contributed by atoms with Gasteiger partial charge in [0.2, 0.25) is 0 Å². The van der Waals surface area contributed by atoms with Crippen LogP contribution in [0.4, 0.5) is 9.18 Å². The van der Waals surface area contributed by atoms with Crippen molar-refractivity contribution < 1.29 is 33.0 Å². The number of amides is 2. The van der Waals surface area contributed by atoms with Gasteiger partial charge in [0.15, 0.2) is 5.76 Å². The zero-order valence-corrected chi connectivity index (χ0v) is 20.5. The fourth-order valence-electron chi connectivity index (χ4n) is 3.66. The molecule has 0 bridgehead atoms. The van der Waals surface area contributed by atoms with Crippen molar-refractivity contribution >= 4 is 29.6 Å². The SMILES string of the molecule is CCc1coc(C(=O)N[C@H](Cc2ccc(-c3cc(Cl)ccc3F)cc2)C[C@@H](NC(=O)OC)C(=O)O)c1. The molecule has 36 heavy (non-hydrogen) atoms. The number of carboxylic acids is 1. The lowest BCUT2D eigenvalue weighted by Gasteiger charge is -2.23. The average Bonchev–Trinajstić information content (AvgIpc) is 3.35. The topological polar surface area (TPSA) is 118 Å². The van der Waals surface area contributed by atoms with Crippen molar-refractivity contribution in [1.82, 2.24) is 10.6 Å². The molecule has 0 saturated carbocycles. The molecule has 2 aromatic carbocycles. The molecular weight excluding hydrogens is 491 g/mol. The first-order valence-electron chi connectivity index (χ1n) is 11.2. The van der Waals surface area contributed by atoms with Crippen molar-refractivity contribution in [1.29, 1.82) is 0 Å². The Morgan fingerprint density at radius 1 is 1.08 bits per heavy atom. The molecular formula is C26H26ClFN2O6. The number of rotatable bonds is 10. The normalized spacial score (nSPS) is 12.4. The molecule has 8 nitrogen and oxygen atoms in total. The molecule has 2 amide bonds. The predicted molar refractivity (Wildman–Crippen MR) is 131 cm³/mol. The number of carbonyl (C=O) groups is 3. The summed E-state index contributed by atoms with van der Waals surface area (Å²) in [6, 6.07) is 10.8. The molecule has 0 unspecified atom stereocenters. The fourth-order valence-corrected chi connectivity index (χ4v) is 3.83. The third-order valence-corrected chi connectivity index (χ3v) is 5.83. The molecule has 0 radical (unpaired) electrons. The quantitative estimate of drug-likeness (QED) is 0.355. The highest BCUT2D eigenvalue weighted by atomic mass is 35.5. The summed E-state index contributed by atoms with van der Waals surface area (Å²) in [7, 11) is 1.13. The van der Waals surface area contributed by atoms with Crippen LogP contribution in [0.2, 0.25) is 5.02 Å². The highest BCUT2D eigenvalue weighted by Crippen LogP contribution is 2.26. The van der Waals surface area contributed by atoms with E-state index < -0.39 is 35.9 Å². The van der Waals surface area contributed by atoms with Gasteiger partial charge in [0.05, 0.1) is 13.4 Å². The largest absolute Gasteiger partial charge is 0.480 e. The van der Waals surface area contributed by atoms with Crippen LogP contribution in [-0.4, -0.2) is 42.3 Å². The summed E-state index contributed by atoms with van der Waals surface area (Å²) >= 11 is 6.00. The average molecular weight is 517 g/mol. The Kier molecular flexibility index (Phi) is 9.08. The number of alkyl carbamates (subject to hydrolysis) is 1. The van der Waals surface area contributed by atoms with Gasteiger partial charge in [-0.05, 0) is 60.2 Å². The van der Waals surface area contributed by atoms with Crippen molar-refractivity contribution in [3.05, 3.63) is 82.5 Å². The van der Waals surface area contributed by atoms with Crippen molar-refractivity contribution in [2.24, 2.45) is 0 Å². The van der Waals surface area contributed by atoms with Gasteiger partial charge in [-0.25, -0.2) is 14.0 Å². The van der Waals surface area contributed by atoms with E-state index in [0.717, 1.165) is 18.2 Å². The van der Waals surface area contributed by atoms with E-state index in [1.54, 1.807) is 30.3 Å². The highest BCUT2D eigenvalue weighted by Gasteiger charge is 2.27. The summed E-state index contributed by atoms with van der Waals surface area (Å²) in [5, 5.41) is 15.0. The van der Waals surface area contributed by atoms with Crippen LogP contribution in [0.15, 0.2) is 59.2 Å². The Balaban J connectivity index is 1.82. The minimum atomic E-state index is -1.31. The van der Waals surface area contributed by atoms with Gasteiger partial charge in [0.25, 0.3) is 5.91 Å². The van der Waals surface area contributed by atoms with Gasteiger partial charge < -0.3 is 24.9 Å². The third kappa shape index (κ3) is 7.08. The second-order valence-electron chi connectivity index (χ2n) is 8.13. The van der Waals surface area contributed by atoms with Gasteiger partial charge in [0.1, 0.15) is 11.9 Å². The molecule has 0 aliphatic heterocycles.